The monoisotopic (exact) mass is 288 g/mol. The van der Waals surface area contributed by atoms with Crippen LogP contribution in [-0.4, -0.2) is 11.0 Å². The number of rotatable bonds is 3. The molecule has 86 valence electrons. The molecule has 1 aromatic heterocycles. The quantitative estimate of drug-likeness (QED) is 0.869. The number of halogens is 1. The number of benzene rings is 1. The van der Waals surface area contributed by atoms with Crippen LogP contribution in [0.15, 0.2) is 34.9 Å². The Hall–Kier alpha value is -1.53. The van der Waals surface area contributed by atoms with Crippen molar-refractivity contribution in [3.8, 4) is 12.3 Å². The van der Waals surface area contributed by atoms with Crippen LogP contribution < -0.4 is 5.32 Å². The summed E-state index contributed by atoms with van der Waals surface area (Å²) in [5, 5.41) is 5.50. The molecule has 0 aliphatic carbocycles. The smallest absolute Gasteiger partial charge is 0.134 e. The van der Waals surface area contributed by atoms with Gasteiger partial charge in [-0.25, -0.2) is 4.98 Å². The summed E-state index contributed by atoms with van der Waals surface area (Å²) in [5.41, 5.74) is 0. The molecule has 0 amide bonds. The van der Waals surface area contributed by atoms with Crippen molar-refractivity contribution in [2.45, 2.75) is 19.4 Å². The minimum Gasteiger partial charge on any atom is -0.356 e. The fourth-order valence-electron chi connectivity index (χ4n) is 1.71. The highest BCUT2D eigenvalue weighted by Crippen LogP contribution is 2.27. The molecule has 0 saturated carbocycles. The Kier molecular flexibility index (Phi) is 3.65. The molecule has 2 aromatic rings. The van der Waals surface area contributed by atoms with E-state index in [2.05, 4.69) is 39.1 Å². The summed E-state index contributed by atoms with van der Waals surface area (Å²) in [6, 6.07) is 8.06. The molecule has 3 heteroatoms. The first-order chi connectivity index (χ1) is 8.26. The molecule has 0 spiro atoms. The standard InChI is InChI=1S/C14H13BrN2/c1-3-10(4-2)17-14-12-6-5-7-13(15)11(12)8-9-16-14/h1,5-10H,4H2,2H3,(H,16,17). The fraction of sp³-hybridized carbons (Fsp3) is 0.214. The van der Waals surface area contributed by atoms with Crippen molar-refractivity contribution in [2.24, 2.45) is 0 Å². The average Bonchev–Trinajstić information content (AvgIpc) is 2.37. The summed E-state index contributed by atoms with van der Waals surface area (Å²) in [6.07, 6.45) is 8.12. The third kappa shape index (κ3) is 2.42. The molecule has 0 bridgehead atoms. The van der Waals surface area contributed by atoms with Gasteiger partial charge in [-0.15, -0.1) is 6.42 Å². The van der Waals surface area contributed by atoms with Gasteiger partial charge in [-0.3, -0.25) is 0 Å². The van der Waals surface area contributed by atoms with E-state index in [1.165, 1.54) is 0 Å². The molecule has 1 heterocycles. The lowest BCUT2D eigenvalue weighted by Crippen LogP contribution is -2.16. The first kappa shape index (κ1) is 11.9. The molecule has 0 fully saturated rings. The largest absolute Gasteiger partial charge is 0.356 e. The first-order valence-corrected chi connectivity index (χ1v) is 6.31. The molecular weight excluding hydrogens is 276 g/mol. The second kappa shape index (κ2) is 5.20. The van der Waals surface area contributed by atoms with Gasteiger partial charge in [0.25, 0.3) is 0 Å². The Morgan fingerprint density at radius 1 is 1.41 bits per heavy atom. The van der Waals surface area contributed by atoms with Gasteiger partial charge in [0, 0.05) is 21.4 Å². The van der Waals surface area contributed by atoms with Crippen LogP contribution >= 0.6 is 15.9 Å². The third-order valence-electron chi connectivity index (χ3n) is 2.67. The number of fused-ring (bicyclic) bond motifs is 1. The van der Waals surface area contributed by atoms with E-state index in [0.29, 0.717) is 0 Å². The first-order valence-electron chi connectivity index (χ1n) is 5.52. The van der Waals surface area contributed by atoms with E-state index in [0.717, 1.165) is 27.5 Å². The Bertz CT molecular complexity index is 572. The molecule has 2 rings (SSSR count). The van der Waals surface area contributed by atoms with Gasteiger partial charge in [-0.2, -0.15) is 0 Å². The lowest BCUT2D eigenvalue weighted by Gasteiger charge is -2.13. The van der Waals surface area contributed by atoms with Crippen molar-refractivity contribution in [2.75, 3.05) is 5.32 Å². The van der Waals surface area contributed by atoms with Gasteiger partial charge in [0.05, 0.1) is 6.04 Å². The second-order valence-electron chi connectivity index (χ2n) is 3.77. The number of anilines is 1. The summed E-state index contributed by atoms with van der Waals surface area (Å²) < 4.78 is 1.06. The summed E-state index contributed by atoms with van der Waals surface area (Å²) in [7, 11) is 0. The number of terminal acetylenes is 1. The zero-order valence-electron chi connectivity index (χ0n) is 9.57. The highest BCUT2D eigenvalue weighted by Gasteiger charge is 2.07. The predicted molar refractivity (Wildman–Crippen MR) is 76.0 cm³/mol. The Morgan fingerprint density at radius 2 is 2.24 bits per heavy atom. The minimum absolute atomic E-state index is 0.0204. The van der Waals surface area contributed by atoms with Crippen LogP contribution in [0.1, 0.15) is 13.3 Å². The summed E-state index contributed by atoms with van der Waals surface area (Å²) in [5.74, 6) is 3.56. The van der Waals surface area contributed by atoms with Gasteiger partial charge in [-0.1, -0.05) is 40.9 Å². The highest BCUT2D eigenvalue weighted by atomic mass is 79.9. The molecular formula is C14H13BrN2. The van der Waals surface area contributed by atoms with Crippen LogP contribution in [0.4, 0.5) is 5.82 Å². The fourth-order valence-corrected chi connectivity index (χ4v) is 2.21. The van der Waals surface area contributed by atoms with E-state index >= 15 is 0 Å². The Balaban J connectivity index is 2.48. The number of pyridine rings is 1. The molecule has 0 saturated heterocycles. The van der Waals surface area contributed by atoms with Crippen LogP contribution in [0.2, 0.25) is 0 Å². The number of nitrogens with zero attached hydrogens (tertiary/aromatic N) is 1. The maximum atomic E-state index is 5.46. The lowest BCUT2D eigenvalue weighted by molar-refractivity contribution is 0.853. The zero-order valence-corrected chi connectivity index (χ0v) is 11.2. The van der Waals surface area contributed by atoms with E-state index in [9.17, 15) is 0 Å². The molecule has 17 heavy (non-hydrogen) atoms. The van der Waals surface area contributed by atoms with Gasteiger partial charge >= 0.3 is 0 Å². The van der Waals surface area contributed by atoms with Crippen molar-refractivity contribution < 1.29 is 0 Å². The normalized spacial score (nSPS) is 12.1. The maximum Gasteiger partial charge on any atom is 0.134 e. The van der Waals surface area contributed by atoms with Crippen LogP contribution in [0.25, 0.3) is 10.8 Å². The molecule has 2 nitrogen and oxygen atoms in total. The number of nitrogens with one attached hydrogen (secondary N) is 1. The topological polar surface area (TPSA) is 24.9 Å². The molecule has 1 aromatic carbocycles. The van der Waals surface area contributed by atoms with E-state index in [1.54, 1.807) is 6.20 Å². The molecule has 1 unspecified atom stereocenters. The van der Waals surface area contributed by atoms with Crippen LogP contribution in [0.3, 0.4) is 0 Å². The van der Waals surface area contributed by atoms with Crippen LogP contribution in [-0.2, 0) is 0 Å². The zero-order chi connectivity index (χ0) is 12.3. The molecule has 1 N–H and O–H groups in total. The van der Waals surface area contributed by atoms with E-state index < -0.39 is 0 Å². The van der Waals surface area contributed by atoms with E-state index in [-0.39, 0.29) is 6.04 Å². The Labute approximate surface area is 110 Å². The Morgan fingerprint density at radius 3 is 2.94 bits per heavy atom. The maximum absolute atomic E-state index is 5.46. The van der Waals surface area contributed by atoms with Gasteiger partial charge in [0.15, 0.2) is 0 Å². The van der Waals surface area contributed by atoms with Gasteiger partial charge in [0.2, 0.25) is 0 Å². The van der Waals surface area contributed by atoms with Crippen LogP contribution in [0.5, 0.6) is 0 Å². The van der Waals surface area contributed by atoms with Crippen molar-refractivity contribution in [3.05, 3.63) is 34.9 Å². The number of hydrogen-bond acceptors (Lipinski definition) is 2. The van der Waals surface area contributed by atoms with Gasteiger partial charge in [-0.05, 0) is 18.6 Å². The van der Waals surface area contributed by atoms with Gasteiger partial charge < -0.3 is 5.32 Å². The minimum atomic E-state index is 0.0204. The molecule has 0 aliphatic rings. The van der Waals surface area contributed by atoms with Crippen molar-refractivity contribution in [3.63, 3.8) is 0 Å². The lowest BCUT2D eigenvalue weighted by atomic mass is 10.1. The summed E-state index contributed by atoms with van der Waals surface area (Å²) in [4.78, 5) is 4.36. The summed E-state index contributed by atoms with van der Waals surface area (Å²) >= 11 is 3.54. The van der Waals surface area contributed by atoms with E-state index in [1.807, 2.05) is 24.3 Å². The number of hydrogen-bond donors (Lipinski definition) is 1. The van der Waals surface area contributed by atoms with Gasteiger partial charge in [0.1, 0.15) is 5.82 Å². The van der Waals surface area contributed by atoms with Crippen molar-refractivity contribution >= 4 is 32.5 Å². The molecule has 0 radical (unpaired) electrons. The van der Waals surface area contributed by atoms with Crippen LogP contribution in [0, 0.1) is 12.3 Å². The SMILES string of the molecule is C#CC(CC)Nc1nccc2c(Br)cccc12. The number of aromatic nitrogens is 1. The van der Waals surface area contributed by atoms with Crippen molar-refractivity contribution in [1.29, 1.82) is 0 Å². The van der Waals surface area contributed by atoms with E-state index in [4.69, 9.17) is 6.42 Å². The average molecular weight is 289 g/mol. The second-order valence-corrected chi connectivity index (χ2v) is 4.62. The van der Waals surface area contributed by atoms with Crippen molar-refractivity contribution in [1.82, 2.24) is 4.98 Å². The molecule has 0 aliphatic heterocycles. The molecule has 1 atom stereocenters. The summed E-state index contributed by atoms with van der Waals surface area (Å²) in [6.45, 7) is 2.05. The third-order valence-corrected chi connectivity index (χ3v) is 3.36. The predicted octanol–water partition coefficient (Wildman–Crippen LogP) is 3.82. The highest BCUT2D eigenvalue weighted by molar-refractivity contribution is 9.10.